The van der Waals surface area contributed by atoms with Crippen LogP contribution in [0.25, 0.3) is 17.3 Å². The number of nitro benzene ring substituents is 1. The molecule has 1 aromatic heterocycles. The van der Waals surface area contributed by atoms with E-state index in [-0.39, 0.29) is 11.3 Å². The van der Waals surface area contributed by atoms with Crippen molar-refractivity contribution in [2.45, 2.75) is 6.42 Å². The first kappa shape index (κ1) is 19.5. The number of benzene rings is 2. The van der Waals surface area contributed by atoms with Crippen molar-refractivity contribution in [3.63, 3.8) is 0 Å². The van der Waals surface area contributed by atoms with Gasteiger partial charge in [-0.2, -0.15) is 10.4 Å². The number of aromatic amines is 1. The van der Waals surface area contributed by atoms with Gasteiger partial charge in [-0.25, -0.2) is 0 Å². The van der Waals surface area contributed by atoms with E-state index >= 15 is 0 Å². The molecular formula is C21H17N5O3. The Kier molecular flexibility index (Phi) is 6.12. The maximum absolute atomic E-state index is 12.4. The van der Waals surface area contributed by atoms with Gasteiger partial charge in [0.05, 0.1) is 16.8 Å². The summed E-state index contributed by atoms with van der Waals surface area (Å²) in [4.78, 5) is 22.9. The predicted octanol–water partition coefficient (Wildman–Crippen LogP) is 3.25. The van der Waals surface area contributed by atoms with E-state index < -0.39 is 10.8 Å². The van der Waals surface area contributed by atoms with E-state index in [4.69, 9.17) is 0 Å². The normalized spacial score (nSPS) is 10.9. The van der Waals surface area contributed by atoms with Crippen molar-refractivity contribution in [2.24, 2.45) is 0 Å². The molecule has 8 heteroatoms. The van der Waals surface area contributed by atoms with Gasteiger partial charge >= 0.3 is 0 Å². The van der Waals surface area contributed by atoms with E-state index in [1.807, 2.05) is 36.4 Å². The first-order valence-electron chi connectivity index (χ1n) is 8.80. The number of nitrogens with one attached hydrogen (secondary N) is 2. The Hall–Kier alpha value is -4.25. The summed E-state index contributed by atoms with van der Waals surface area (Å²) in [6.45, 7) is 0.394. The van der Waals surface area contributed by atoms with E-state index in [0.717, 1.165) is 5.56 Å². The second-order valence-electron chi connectivity index (χ2n) is 6.17. The molecule has 144 valence electrons. The first-order valence-corrected chi connectivity index (χ1v) is 8.80. The molecule has 0 aliphatic heterocycles. The molecule has 0 atom stereocenters. The Morgan fingerprint density at radius 3 is 2.76 bits per heavy atom. The number of nitrogens with zero attached hydrogens (tertiary/aromatic N) is 3. The van der Waals surface area contributed by atoms with Crippen LogP contribution in [0.15, 0.2) is 66.4 Å². The molecule has 0 bridgehead atoms. The number of amides is 1. The lowest BCUT2D eigenvalue weighted by Crippen LogP contribution is -2.26. The van der Waals surface area contributed by atoms with Crippen molar-refractivity contribution in [1.82, 2.24) is 15.5 Å². The van der Waals surface area contributed by atoms with E-state index in [1.165, 1.54) is 24.4 Å². The lowest BCUT2D eigenvalue weighted by atomic mass is 10.1. The fourth-order valence-electron chi connectivity index (χ4n) is 2.78. The molecule has 1 amide bonds. The molecule has 29 heavy (non-hydrogen) atoms. The SMILES string of the molecule is N#C/C(=C\c1cn[nH]c1-c1cccc([N+](=O)[O-])c1)C(=O)NCCc1ccccc1. The van der Waals surface area contributed by atoms with Gasteiger partial charge in [0.2, 0.25) is 0 Å². The summed E-state index contributed by atoms with van der Waals surface area (Å²) < 4.78 is 0. The van der Waals surface area contributed by atoms with Crippen molar-refractivity contribution in [3.8, 4) is 17.3 Å². The Bertz CT molecular complexity index is 1100. The zero-order valence-corrected chi connectivity index (χ0v) is 15.3. The van der Waals surface area contributed by atoms with Crippen LogP contribution in [0.1, 0.15) is 11.1 Å². The highest BCUT2D eigenvalue weighted by Crippen LogP contribution is 2.26. The molecule has 8 nitrogen and oxygen atoms in total. The Morgan fingerprint density at radius 2 is 2.03 bits per heavy atom. The summed E-state index contributed by atoms with van der Waals surface area (Å²) in [6, 6.07) is 17.6. The van der Waals surface area contributed by atoms with Crippen molar-refractivity contribution in [2.75, 3.05) is 6.54 Å². The summed E-state index contributed by atoms with van der Waals surface area (Å²) in [7, 11) is 0. The Morgan fingerprint density at radius 1 is 1.24 bits per heavy atom. The van der Waals surface area contributed by atoms with Crippen LogP contribution in [0.5, 0.6) is 0 Å². The predicted molar refractivity (Wildman–Crippen MR) is 107 cm³/mol. The molecule has 0 aliphatic carbocycles. The smallest absolute Gasteiger partial charge is 0.270 e. The fourth-order valence-corrected chi connectivity index (χ4v) is 2.78. The third-order valence-corrected chi connectivity index (χ3v) is 4.22. The molecule has 1 heterocycles. The molecule has 0 unspecified atom stereocenters. The third kappa shape index (κ3) is 4.93. The minimum Gasteiger partial charge on any atom is -0.351 e. The second-order valence-corrected chi connectivity index (χ2v) is 6.17. The summed E-state index contributed by atoms with van der Waals surface area (Å²) >= 11 is 0. The molecule has 2 aromatic carbocycles. The van der Waals surface area contributed by atoms with Gasteiger partial charge in [-0.1, -0.05) is 42.5 Å². The minimum atomic E-state index is -0.491. The highest BCUT2D eigenvalue weighted by atomic mass is 16.6. The number of non-ortho nitro benzene ring substituents is 1. The fraction of sp³-hybridized carbons (Fsp3) is 0.0952. The Balaban J connectivity index is 1.75. The molecule has 0 radical (unpaired) electrons. The van der Waals surface area contributed by atoms with Crippen LogP contribution in [-0.2, 0) is 11.2 Å². The van der Waals surface area contributed by atoms with Gasteiger partial charge in [0.1, 0.15) is 11.6 Å². The molecule has 0 spiro atoms. The van der Waals surface area contributed by atoms with Crippen molar-refractivity contribution < 1.29 is 9.72 Å². The number of aromatic nitrogens is 2. The molecule has 2 N–H and O–H groups in total. The van der Waals surface area contributed by atoms with E-state index in [1.54, 1.807) is 12.1 Å². The number of nitriles is 1. The summed E-state index contributed by atoms with van der Waals surface area (Å²) in [6.07, 6.45) is 3.52. The van der Waals surface area contributed by atoms with Crippen LogP contribution >= 0.6 is 0 Å². The number of hydrogen-bond donors (Lipinski definition) is 2. The monoisotopic (exact) mass is 387 g/mol. The number of hydrogen-bond acceptors (Lipinski definition) is 5. The van der Waals surface area contributed by atoms with Gasteiger partial charge < -0.3 is 5.32 Å². The quantitative estimate of drug-likeness (QED) is 0.279. The molecular weight excluding hydrogens is 370 g/mol. The second kappa shape index (κ2) is 9.10. The minimum absolute atomic E-state index is 0.0637. The average molecular weight is 387 g/mol. The van der Waals surface area contributed by atoms with Crippen LogP contribution in [-0.4, -0.2) is 27.6 Å². The number of nitro groups is 1. The lowest BCUT2D eigenvalue weighted by molar-refractivity contribution is -0.384. The molecule has 0 saturated carbocycles. The van der Waals surface area contributed by atoms with Crippen LogP contribution in [0.4, 0.5) is 5.69 Å². The number of carbonyl (C=O) groups is 1. The van der Waals surface area contributed by atoms with Crippen molar-refractivity contribution in [3.05, 3.63) is 87.6 Å². The molecule has 3 rings (SSSR count). The van der Waals surface area contributed by atoms with Gasteiger partial charge in [-0.05, 0) is 18.1 Å². The van der Waals surface area contributed by atoms with Crippen molar-refractivity contribution in [1.29, 1.82) is 5.26 Å². The van der Waals surface area contributed by atoms with Gasteiger partial charge in [0, 0.05) is 29.8 Å². The lowest BCUT2D eigenvalue weighted by Gasteiger charge is -2.05. The summed E-state index contributed by atoms with van der Waals surface area (Å²) in [5.41, 5.74) is 2.44. The van der Waals surface area contributed by atoms with Crippen LogP contribution < -0.4 is 5.32 Å². The van der Waals surface area contributed by atoms with Gasteiger partial charge in [0.15, 0.2) is 0 Å². The standard InChI is InChI=1S/C21H17N5O3/c22-13-17(21(27)23-10-9-15-5-2-1-3-6-15)11-18-14-24-25-20(18)16-7-4-8-19(12-16)26(28)29/h1-8,11-12,14H,9-10H2,(H,23,27)(H,24,25)/b17-11+. The van der Waals surface area contributed by atoms with Gasteiger partial charge in [-0.15, -0.1) is 0 Å². The van der Waals surface area contributed by atoms with Gasteiger partial charge in [0.25, 0.3) is 11.6 Å². The highest BCUT2D eigenvalue weighted by Gasteiger charge is 2.14. The zero-order valence-electron chi connectivity index (χ0n) is 15.3. The number of H-pyrrole nitrogens is 1. The first-order chi connectivity index (χ1) is 14.1. The highest BCUT2D eigenvalue weighted by molar-refractivity contribution is 6.02. The molecule has 0 fully saturated rings. The average Bonchev–Trinajstić information content (AvgIpc) is 3.21. The third-order valence-electron chi connectivity index (χ3n) is 4.22. The largest absolute Gasteiger partial charge is 0.351 e. The molecule has 0 aliphatic rings. The van der Waals surface area contributed by atoms with Crippen LogP contribution in [0.2, 0.25) is 0 Å². The number of rotatable bonds is 7. The van der Waals surface area contributed by atoms with Crippen LogP contribution in [0, 0.1) is 21.4 Å². The molecule has 0 saturated heterocycles. The molecule has 3 aromatic rings. The Labute approximate surface area is 166 Å². The maximum Gasteiger partial charge on any atom is 0.270 e. The zero-order chi connectivity index (χ0) is 20.6. The topological polar surface area (TPSA) is 125 Å². The van der Waals surface area contributed by atoms with E-state index in [0.29, 0.717) is 29.8 Å². The summed E-state index contributed by atoms with van der Waals surface area (Å²) in [5.74, 6) is -0.491. The van der Waals surface area contributed by atoms with Crippen LogP contribution in [0.3, 0.4) is 0 Å². The summed E-state index contributed by atoms with van der Waals surface area (Å²) in [5, 5.41) is 29.8. The van der Waals surface area contributed by atoms with E-state index in [9.17, 15) is 20.2 Å². The van der Waals surface area contributed by atoms with Crippen molar-refractivity contribution >= 4 is 17.7 Å². The number of carbonyl (C=O) groups excluding carboxylic acids is 1. The maximum atomic E-state index is 12.4. The van der Waals surface area contributed by atoms with E-state index in [2.05, 4.69) is 15.5 Å². The van der Waals surface area contributed by atoms with Gasteiger partial charge in [-0.3, -0.25) is 20.0 Å².